The smallest absolute Gasteiger partial charge is 0.325 e. The maximum absolute atomic E-state index is 13.0. The molecule has 0 saturated heterocycles. The maximum Gasteiger partial charge on any atom is 0.325 e. The highest BCUT2D eigenvalue weighted by Crippen LogP contribution is 2.28. The number of para-hydroxylation sites is 1. The first-order valence-corrected chi connectivity index (χ1v) is 9.39. The van der Waals surface area contributed by atoms with Gasteiger partial charge in [0.25, 0.3) is 5.91 Å². The van der Waals surface area contributed by atoms with Crippen LogP contribution in [0.25, 0.3) is 10.9 Å². The first-order chi connectivity index (χ1) is 14.0. The standard InChI is InChI=1S/C21H18ClN3O4/c1-29-19(26)11-25-18-5-3-2-4-12(18)9-17(21(25)28)24-20(27)16-10-13-8-14(22)6-7-15(13)23-16/h2-8,10,17,23H,9,11H2,1H3,(H,24,27)/t17-/m0/s1. The number of anilines is 1. The van der Waals surface area contributed by atoms with Crippen LogP contribution in [0.15, 0.2) is 48.5 Å². The first-order valence-electron chi connectivity index (χ1n) is 9.01. The number of benzene rings is 2. The Kier molecular flexibility index (Phi) is 4.98. The molecule has 1 atom stereocenters. The van der Waals surface area contributed by atoms with Crippen LogP contribution < -0.4 is 10.2 Å². The third-order valence-corrected chi connectivity index (χ3v) is 5.15. The zero-order valence-corrected chi connectivity index (χ0v) is 16.3. The van der Waals surface area contributed by atoms with Gasteiger partial charge >= 0.3 is 5.97 Å². The van der Waals surface area contributed by atoms with Crippen LogP contribution in [0.4, 0.5) is 5.69 Å². The van der Waals surface area contributed by atoms with E-state index in [0.717, 1.165) is 16.5 Å². The van der Waals surface area contributed by atoms with Crippen LogP contribution in [0.2, 0.25) is 5.02 Å². The normalized spacial score (nSPS) is 15.9. The summed E-state index contributed by atoms with van der Waals surface area (Å²) in [5, 5.41) is 4.15. The second-order valence-corrected chi connectivity index (χ2v) is 7.21. The van der Waals surface area contributed by atoms with E-state index in [0.29, 0.717) is 22.8 Å². The number of hydrogen-bond acceptors (Lipinski definition) is 4. The average Bonchev–Trinajstić information content (AvgIpc) is 3.14. The molecule has 3 aromatic rings. The first kappa shape index (κ1) is 19.0. The number of aromatic nitrogens is 1. The minimum Gasteiger partial charge on any atom is -0.468 e. The number of ether oxygens (including phenoxy) is 1. The highest BCUT2D eigenvalue weighted by atomic mass is 35.5. The van der Waals surface area contributed by atoms with Crippen molar-refractivity contribution in [1.82, 2.24) is 10.3 Å². The van der Waals surface area contributed by atoms with Crippen LogP contribution in [-0.2, 0) is 20.7 Å². The molecule has 2 aromatic carbocycles. The highest BCUT2D eigenvalue weighted by Gasteiger charge is 2.35. The van der Waals surface area contributed by atoms with Gasteiger partial charge in [-0.15, -0.1) is 0 Å². The fourth-order valence-corrected chi connectivity index (χ4v) is 3.67. The van der Waals surface area contributed by atoms with Crippen molar-refractivity contribution in [2.75, 3.05) is 18.6 Å². The van der Waals surface area contributed by atoms with Crippen molar-refractivity contribution in [2.24, 2.45) is 0 Å². The minimum absolute atomic E-state index is 0.219. The molecule has 8 heteroatoms. The number of esters is 1. The Hall–Kier alpha value is -3.32. The summed E-state index contributed by atoms with van der Waals surface area (Å²) in [7, 11) is 1.27. The predicted octanol–water partition coefficient (Wildman–Crippen LogP) is 2.68. The van der Waals surface area contributed by atoms with Crippen molar-refractivity contribution in [2.45, 2.75) is 12.5 Å². The Morgan fingerprint density at radius 3 is 2.83 bits per heavy atom. The summed E-state index contributed by atoms with van der Waals surface area (Å²) in [4.78, 5) is 41.9. The number of nitrogens with one attached hydrogen (secondary N) is 2. The Morgan fingerprint density at radius 1 is 1.24 bits per heavy atom. The maximum atomic E-state index is 13.0. The van der Waals surface area contributed by atoms with E-state index in [1.54, 1.807) is 36.4 Å². The lowest BCUT2D eigenvalue weighted by molar-refractivity contribution is -0.140. The van der Waals surface area contributed by atoms with Gasteiger partial charge in [0.2, 0.25) is 5.91 Å². The number of methoxy groups -OCH3 is 1. The Morgan fingerprint density at radius 2 is 2.03 bits per heavy atom. The lowest BCUT2D eigenvalue weighted by atomic mass is 9.97. The lowest BCUT2D eigenvalue weighted by Gasteiger charge is -2.33. The van der Waals surface area contributed by atoms with E-state index in [4.69, 9.17) is 16.3 Å². The number of halogens is 1. The molecule has 1 aliphatic heterocycles. The van der Waals surface area contributed by atoms with E-state index < -0.39 is 17.9 Å². The number of hydrogen-bond donors (Lipinski definition) is 2. The predicted molar refractivity (Wildman–Crippen MR) is 109 cm³/mol. The summed E-state index contributed by atoms with van der Waals surface area (Å²) in [6, 6.07) is 13.5. The second kappa shape index (κ2) is 7.60. The minimum atomic E-state index is -0.794. The SMILES string of the molecule is COC(=O)CN1C(=O)[C@@H](NC(=O)c2cc3cc(Cl)ccc3[nH]2)Cc2ccccc21. The number of nitrogens with zero attached hydrogens (tertiary/aromatic N) is 1. The molecule has 0 aliphatic carbocycles. The van der Waals surface area contributed by atoms with Crippen molar-refractivity contribution in [3.8, 4) is 0 Å². The summed E-state index contributed by atoms with van der Waals surface area (Å²) in [5.41, 5.74) is 2.61. The van der Waals surface area contributed by atoms with E-state index in [-0.39, 0.29) is 12.5 Å². The molecule has 1 aromatic heterocycles. The highest BCUT2D eigenvalue weighted by molar-refractivity contribution is 6.31. The van der Waals surface area contributed by atoms with E-state index in [2.05, 4.69) is 10.3 Å². The number of amides is 2. The Balaban J connectivity index is 1.59. The molecule has 0 fully saturated rings. The van der Waals surface area contributed by atoms with E-state index >= 15 is 0 Å². The van der Waals surface area contributed by atoms with E-state index in [1.807, 2.05) is 12.1 Å². The quantitative estimate of drug-likeness (QED) is 0.646. The van der Waals surface area contributed by atoms with Crippen LogP contribution >= 0.6 is 11.6 Å². The van der Waals surface area contributed by atoms with Crippen LogP contribution in [0.1, 0.15) is 16.1 Å². The Labute approximate surface area is 171 Å². The van der Waals surface area contributed by atoms with Gasteiger partial charge in [-0.05, 0) is 35.9 Å². The van der Waals surface area contributed by atoms with Crippen LogP contribution in [0, 0.1) is 0 Å². The van der Waals surface area contributed by atoms with Gasteiger partial charge in [-0.2, -0.15) is 0 Å². The van der Waals surface area contributed by atoms with E-state index in [1.165, 1.54) is 12.0 Å². The molecule has 2 N–H and O–H groups in total. The van der Waals surface area contributed by atoms with Crippen LogP contribution in [0.5, 0.6) is 0 Å². The van der Waals surface area contributed by atoms with Gasteiger partial charge in [0.05, 0.1) is 7.11 Å². The molecule has 0 bridgehead atoms. The number of carbonyl (C=O) groups is 3. The van der Waals surface area contributed by atoms with Crippen LogP contribution in [-0.4, -0.2) is 42.5 Å². The molecule has 7 nitrogen and oxygen atoms in total. The molecule has 0 unspecified atom stereocenters. The van der Waals surface area contributed by atoms with Crippen molar-refractivity contribution >= 4 is 46.0 Å². The summed E-state index contributed by atoms with van der Waals surface area (Å²) in [5.74, 6) is -1.30. The molecule has 2 amide bonds. The van der Waals surface area contributed by atoms with Crippen molar-refractivity contribution in [3.05, 3.63) is 64.8 Å². The summed E-state index contributed by atoms with van der Waals surface area (Å²) < 4.78 is 4.71. The van der Waals surface area contributed by atoms with Gasteiger partial charge in [0.15, 0.2) is 0 Å². The molecule has 1 aliphatic rings. The fraction of sp³-hybridized carbons (Fsp3) is 0.190. The van der Waals surface area contributed by atoms with Crippen molar-refractivity contribution in [3.63, 3.8) is 0 Å². The molecule has 0 saturated carbocycles. The van der Waals surface area contributed by atoms with Gasteiger partial charge in [-0.3, -0.25) is 19.3 Å². The zero-order valence-electron chi connectivity index (χ0n) is 15.6. The summed E-state index contributed by atoms with van der Waals surface area (Å²) >= 11 is 6.00. The Bertz CT molecular complexity index is 1120. The molecule has 148 valence electrons. The number of carbonyl (C=O) groups excluding carboxylic acids is 3. The molecule has 2 heterocycles. The molecular formula is C21H18ClN3O4. The van der Waals surface area contributed by atoms with Crippen molar-refractivity contribution in [1.29, 1.82) is 0 Å². The largest absolute Gasteiger partial charge is 0.468 e. The zero-order chi connectivity index (χ0) is 20.5. The molecule has 4 rings (SSSR count). The molecule has 0 spiro atoms. The second-order valence-electron chi connectivity index (χ2n) is 6.77. The van der Waals surface area contributed by atoms with Gasteiger partial charge in [0.1, 0.15) is 18.3 Å². The van der Waals surface area contributed by atoms with E-state index in [9.17, 15) is 14.4 Å². The number of H-pyrrole nitrogens is 1. The molecular weight excluding hydrogens is 394 g/mol. The average molecular weight is 412 g/mol. The summed E-state index contributed by atoms with van der Waals surface area (Å²) in [6.07, 6.45) is 0.338. The van der Waals surface area contributed by atoms with Gasteiger partial charge in [-0.25, -0.2) is 0 Å². The number of aromatic amines is 1. The van der Waals surface area contributed by atoms with Gasteiger partial charge < -0.3 is 15.0 Å². The monoisotopic (exact) mass is 411 g/mol. The van der Waals surface area contributed by atoms with Crippen molar-refractivity contribution < 1.29 is 19.1 Å². The lowest BCUT2D eigenvalue weighted by Crippen LogP contribution is -2.54. The van der Waals surface area contributed by atoms with Crippen LogP contribution in [0.3, 0.4) is 0 Å². The van der Waals surface area contributed by atoms with Gasteiger partial charge in [-0.1, -0.05) is 29.8 Å². The topological polar surface area (TPSA) is 91.5 Å². The third-order valence-electron chi connectivity index (χ3n) is 4.92. The number of rotatable bonds is 4. The fourth-order valence-electron chi connectivity index (χ4n) is 3.49. The summed E-state index contributed by atoms with van der Waals surface area (Å²) in [6.45, 7) is -0.219. The number of fused-ring (bicyclic) bond motifs is 2. The third kappa shape index (κ3) is 3.69. The molecule has 0 radical (unpaired) electrons. The van der Waals surface area contributed by atoms with Gasteiger partial charge in [0, 0.05) is 28.0 Å². The molecule has 29 heavy (non-hydrogen) atoms.